The highest BCUT2D eigenvalue weighted by atomic mass is 19.3. The van der Waals surface area contributed by atoms with Gasteiger partial charge in [0.15, 0.2) is 0 Å². The summed E-state index contributed by atoms with van der Waals surface area (Å²) < 4.78 is 40.5. The minimum absolute atomic E-state index is 0.00650. The number of esters is 1. The fourth-order valence-corrected chi connectivity index (χ4v) is 3.20. The van der Waals surface area contributed by atoms with Crippen molar-refractivity contribution in [1.82, 2.24) is 4.57 Å². The van der Waals surface area contributed by atoms with Gasteiger partial charge in [0.2, 0.25) is 0 Å². The summed E-state index contributed by atoms with van der Waals surface area (Å²) in [5.74, 6) is -0.253. The highest BCUT2D eigenvalue weighted by Gasteiger charge is 2.22. The van der Waals surface area contributed by atoms with Crippen LogP contribution in [-0.4, -0.2) is 37.3 Å². The second kappa shape index (κ2) is 8.30. The predicted octanol–water partition coefficient (Wildman–Crippen LogP) is 3.96. The predicted molar refractivity (Wildman–Crippen MR) is 102 cm³/mol. The molecule has 3 aromatic rings. The minimum Gasteiger partial charge on any atom is -0.497 e. The summed E-state index contributed by atoms with van der Waals surface area (Å²) >= 11 is 0. The third-order valence-electron chi connectivity index (χ3n) is 4.62. The lowest BCUT2D eigenvalue weighted by molar-refractivity contribution is -0.139. The van der Waals surface area contributed by atoms with E-state index in [4.69, 9.17) is 9.47 Å². The summed E-state index contributed by atoms with van der Waals surface area (Å²) in [7, 11) is 2.82. The van der Waals surface area contributed by atoms with Gasteiger partial charge in [-0.15, -0.1) is 0 Å². The Morgan fingerprint density at radius 2 is 1.69 bits per heavy atom. The summed E-state index contributed by atoms with van der Waals surface area (Å²) in [6, 6.07) is 10.6. The van der Waals surface area contributed by atoms with Crippen molar-refractivity contribution in [3.05, 3.63) is 59.3 Å². The number of carbonyl (C=O) groups is 2. The van der Waals surface area contributed by atoms with Crippen molar-refractivity contribution in [3.63, 3.8) is 0 Å². The van der Waals surface area contributed by atoms with Gasteiger partial charge < -0.3 is 14.2 Å². The molecule has 0 N–H and O–H groups in total. The third-order valence-corrected chi connectivity index (χ3v) is 4.62. The Balaban J connectivity index is 2.09. The number of nitrogens with zero attached hydrogens (tertiary/aromatic N) is 1. The van der Waals surface area contributed by atoms with Crippen molar-refractivity contribution in [2.24, 2.45) is 0 Å². The first-order chi connectivity index (χ1) is 13.8. The van der Waals surface area contributed by atoms with Crippen LogP contribution in [-0.2, 0) is 16.0 Å². The van der Waals surface area contributed by atoms with Gasteiger partial charge in [-0.05, 0) is 55.0 Å². The van der Waals surface area contributed by atoms with E-state index in [-0.39, 0.29) is 23.6 Å². The van der Waals surface area contributed by atoms with Crippen LogP contribution in [0.3, 0.4) is 0 Å². The van der Waals surface area contributed by atoms with Crippen molar-refractivity contribution in [3.8, 4) is 11.5 Å². The van der Waals surface area contributed by atoms with E-state index in [1.807, 2.05) is 0 Å². The van der Waals surface area contributed by atoms with E-state index < -0.39 is 12.6 Å². The maximum atomic E-state index is 13.2. The Kier molecular flexibility index (Phi) is 5.81. The zero-order valence-corrected chi connectivity index (χ0v) is 16.1. The van der Waals surface area contributed by atoms with Crippen LogP contribution < -0.4 is 9.47 Å². The molecular formula is C21H19F2NO5. The summed E-state index contributed by atoms with van der Waals surface area (Å²) in [5.41, 5.74) is 2.11. The molecule has 8 heteroatoms. The molecule has 0 aliphatic heterocycles. The van der Waals surface area contributed by atoms with Gasteiger partial charge in [-0.1, -0.05) is 0 Å². The molecule has 6 nitrogen and oxygen atoms in total. The topological polar surface area (TPSA) is 66.8 Å². The van der Waals surface area contributed by atoms with Crippen molar-refractivity contribution < 1.29 is 32.6 Å². The molecule has 0 radical (unpaired) electrons. The third kappa shape index (κ3) is 4.06. The summed E-state index contributed by atoms with van der Waals surface area (Å²) in [5, 5.41) is 0.693. The SMILES string of the molecule is COC(=O)Cc1c(C)n(C(=O)c2ccc(OC(F)F)cc2)c2ccc(OC)cc12. The van der Waals surface area contributed by atoms with Gasteiger partial charge >= 0.3 is 12.6 Å². The highest BCUT2D eigenvalue weighted by Crippen LogP contribution is 2.31. The van der Waals surface area contributed by atoms with Crippen LogP contribution in [0.5, 0.6) is 11.5 Å². The molecule has 0 atom stereocenters. The lowest BCUT2D eigenvalue weighted by atomic mass is 10.1. The number of hydrogen-bond acceptors (Lipinski definition) is 5. The molecule has 3 rings (SSSR count). The van der Waals surface area contributed by atoms with Crippen LogP contribution in [0.25, 0.3) is 10.9 Å². The van der Waals surface area contributed by atoms with Gasteiger partial charge in [0.25, 0.3) is 5.91 Å². The monoisotopic (exact) mass is 403 g/mol. The van der Waals surface area contributed by atoms with Crippen LogP contribution in [0, 0.1) is 6.92 Å². The number of hydrogen-bond donors (Lipinski definition) is 0. The molecular weight excluding hydrogens is 384 g/mol. The lowest BCUT2D eigenvalue weighted by Gasteiger charge is -2.09. The first kappa shape index (κ1) is 20.3. The Labute approximate surface area is 165 Å². The van der Waals surface area contributed by atoms with E-state index in [9.17, 15) is 18.4 Å². The number of rotatable bonds is 6. The summed E-state index contributed by atoms with van der Waals surface area (Å²) in [6.45, 7) is -1.21. The van der Waals surface area contributed by atoms with E-state index >= 15 is 0 Å². The molecule has 1 heterocycles. The average Bonchev–Trinajstić information content (AvgIpc) is 2.98. The number of halogens is 2. The second-order valence-electron chi connectivity index (χ2n) is 6.24. The van der Waals surface area contributed by atoms with Gasteiger partial charge in [-0.25, -0.2) is 0 Å². The first-order valence-corrected chi connectivity index (χ1v) is 8.70. The molecule has 0 bridgehead atoms. The maximum Gasteiger partial charge on any atom is 0.387 e. The van der Waals surface area contributed by atoms with E-state index in [2.05, 4.69) is 4.74 Å². The molecule has 0 saturated heterocycles. The molecule has 29 heavy (non-hydrogen) atoms. The second-order valence-corrected chi connectivity index (χ2v) is 6.24. The molecule has 0 fully saturated rings. The maximum absolute atomic E-state index is 13.2. The number of aromatic nitrogens is 1. The van der Waals surface area contributed by atoms with Crippen LogP contribution >= 0.6 is 0 Å². The smallest absolute Gasteiger partial charge is 0.387 e. The van der Waals surface area contributed by atoms with E-state index in [1.54, 1.807) is 25.1 Å². The highest BCUT2D eigenvalue weighted by molar-refractivity contribution is 6.05. The molecule has 1 aromatic heterocycles. The summed E-state index contributed by atoms with van der Waals surface area (Å²) in [4.78, 5) is 25.0. The van der Waals surface area contributed by atoms with Crippen molar-refractivity contribution in [2.45, 2.75) is 20.0 Å². The van der Waals surface area contributed by atoms with Gasteiger partial charge in [-0.2, -0.15) is 8.78 Å². The van der Waals surface area contributed by atoms with Crippen LogP contribution in [0.4, 0.5) is 8.78 Å². The van der Waals surface area contributed by atoms with Crippen LogP contribution in [0.1, 0.15) is 21.6 Å². The normalized spacial score (nSPS) is 11.0. The van der Waals surface area contributed by atoms with Crippen LogP contribution in [0.15, 0.2) is 42.5 Å². The van der Waals surface area contributed by atoms with Crippen molar-refractivity contribution in [1.29, 1.82) is 0 Å². The Hall–Kier alpha value is -3.42. The molecule has 0 spiro atoms. The van der Waals surface area contributed by atoms with Gasteiger partial charge in [0, 0.05) is 16.6 Å². The standard InChI is InChI=1S/C21H19F2NO5/c1-12-16(11-19(25)28-3)17-10-15(27-2)8-9-18(17)24(12)20(26)13-4-6-14(7-5-13)29-21(22)23/h4-10,21H,11H2,1-3H3. The number of carbonyl (C=O) groups excluding carboxylic acids is 2. The van der Waals surface area contributed by atoms with Crippen LogP contribution in [0.2, 0.25) is 0 Å². The number of alkyl halides is 2. The van der Waals surface area contributed by atoms with Crippen molar-refractivity contribution >= 4 is 22.8 Å². The van der Waals surface area contributed by atoms with Gasteiger partial charge in [0.1, 0.15) is 11.5 Å². The minimum atomic E-state index is -2.94. The number of fused-ring (bicyclic) bond motifs is 1. The number of methoxy groups -OCH3 is 2. The Bertz CT molecular complexity index is 1060. The fourth-order valence-electron chi connectivity index (χ4n) is 3.20. The zero-order chi connectivity index (χ0) is 21.1. The lowest BCUT2D eigenvalue weighted by Crippen LogP contribution is -2.14. The molecule has 0 unspecified atom stereocenters. The van der Waals surface area contributed by atoms with Gasteiger partial charge in [-0.3, -0.25) is 14.2 Å². The van der Waals surface area contributed by atoms with E-state index in [0.717, 1.165) is 0 Å². The van der Waals surface area contributed by atoms with E-state index in [1.165, 1.54) is 43.1 Å². The Morgan fingerprint density at radius 1 is 1.03 bits per heavy atom. The molecule has 0 aliphatic carbocycles. The molecule has 0 saturated carbocycles. The van der Waals surface area contributed by atoms with E-state index in [0.29, 0.717) is 27.9 Å². The fraction of sp³-hybridized carbons (Fsp3) is 0.238. The molecule has 2 aromatic carbocycles. The molecule has 0 aliphatic rings. The van der Waals surface area contributed by atoms with Gasteiger partial charge in [0.05, 0.1) is 26.2 Å². The quantitative estimate of drug-likeness (QED) is 0.583. The molecule has 152 valence electrons. The largest absolute Gasteiger partial charge is 0.497 e. The first-order valence-electron chi connectivity index (χ1n) is 8.70. The van der Waals surface area contributed by atoms with Crippen molar-refractivity contribution in [2.75, 3.05) is 14.2 Å². The number of benzene rings is 2. The Morgan fingerprint density at radius 3 is 2.28 bits per heavy atom. The molecule has 0 amide bonds. The zero-order valence-electron chi connectivity index (χ0n) is 16.1. The average molecular weight is 403 g/mol. The number of ether oxygens (including phenoxy) is 3. The summed E-state index contributed by atoms with van der Waals surface area (Å²) in [6.07, 6.45) is -0.00650.